The molecule has 0 saturated carbocycles. The maximum atomic E-state index is 9.93. The lowest BCUT2D eigenvalue weighted by Crippen LogP contribution is -2.05. The number of benzene rings is 4. The van der Waals surface area contributed by atoms with Gasteiger partial charge in [0, 0.05) is 36.6 Å². The Labute approximate surface area is 218 Å². The van der Waals surface area contributed by atoms with E-state index in [1.165, 1.54) is 0 Å². The summed E-state index contributed by atoms with van der Waals surface area (Å²) in [6.07, 6.45) is 6.98. The Morgan fingerprint density at radius 2 is 1.05 bits per heavy atom. The molecule has 0 atom stereocenters. The third kappa shape index (κ3) is 4.75. The molecule has 0 saturated heterocycles. The highest BCUT2D eigenvalue weighted by Crippen LogP contribution is 2.24. The highest BCUT2D eigenvalue weighted by molar-refractivity contribution is 5.88. The number of aryl methyl sites for hydroxylation is 2. The molecule has 2 aromatic heterocycles. The van der Waals surface area contributed by atoms with E-state index in [9.17, 15) is 10.2 Å². The number of phenols is 2. The highest BCUT2D eigenvalue weighted by Gasteiger charge is 2.07. The minimum Gasteiger partial charge on any atom is -0.507 e. The molecule has 0 amide bonds. The first-order chi connectivity index (χ1) is 18.6. The SMILES string of the molecule is Oc1ccccc1C=Nc1ccc2c(c1)ncn2CCn1cnc2cc(N=Cc3ccccc3O)ccc21. The Balaban J connectivity index is 1.16. The molecule has 6 aromatic rings. The number of imidazole rings is 2. The average Bonchev–Trinajstić information content (AvgIpc) is 3.54. The minimum atomic E-state index is 0.199. The first-order valence-electron chi connectivity index (χ1n) is 12.2. The summed E-state index contributed by atoms with van der Waals surface area (Å²) in [5, 5.41) is 19.9. The normalized spacial score (nSPS) is 11.9. The second-order valence-electron chi connectivity index (χ2n) is 8.86. The summed E-state index contributed by atoms with van der Waals surface area (Å²) < 4.78 is 4.23. The summed E-state index contributed by atoms with van der Waals surface area (Å²) in [7, 11) is 0. The van der Waals surface area contributed by atoms with Crippen LogP contribution in [0.5, 0.6) is 11.5 Å². The lowest BCUT2D eigenvalue weighted by molar-refractivity contribution is 0.474. The maximum Gasteiger partial charge on any atom is 0.124 e. The van der Waals surface area contributed by atoms with Crippen LogP contribution in [0.4, 0.5) is 11.4 Å². The van der Waals surface area contributed by atoms with Crippen molar-refractivity contribution in [3.8, 4) is 11.5 Å². The fraction of sp³-hybridized carbons (Fsp3) is 0.0667. The van der Waals surface area contributed by atoms with E-state index in [4.69, 9.17) is 0 Å². The van der Waals surface area contributed by atoms with Gasteiger partial charge in [0.05, 0.1) is 46.1 Å². The van der Waals surface area contributed by atoms with Crippen molar-refractivity contribution in [1.29, 1.82) is 0 Å². The quantitative estimate of drug-likeness (QED) is 0.263. The third-order valence-corrected chi connectivity index (χ3v) is 6.37. The van der Waals surface area contributed by atoms with Crippen molar-refractivity contribution in [3.63, 3.8) is 0 Å². The van der Waals surface area contributed by atoms with Crippen LogP contribution in [-0.2, 0) is 13.1 Å². The lowest BCUT2D eigenvalue weighted by atomic mass is 10.2. The van der Waals surface area contributed by atoms with Gasteiger partial charge in [0.1, 0.15) is 11.5 Å². The first-order valence-corrected chi connectivity index (χ1v) is 12.2. The summed E-state index contributed by atoms with van der Waals surface area (Å²) >= 11 is 0. The molecule has 186 valence electrons. The van der Waals surface area contributed by atoms with Crippen LogP contribution in [0.15, 0.2) is 108 Å². The van der Waals surface area contributed by atoms with E-state index in [-0.39, 0.29) is 11.5 Å². The number of para-hydroxylation sites is 2. The molecular weight excluding hydrogens is 476 g/mol. The second-order valence-corrected chi connectivity index (χ2v) is 8.86. The zero-order chi connectivity index (χ0) is 25.9. The van der Waals surface area contributed by atoms with E-state index in [0.29, 0.717) is 11.1 Å². The summed E-state index contributed by atoms with van der Waals surface area (Å²) in [5.74, 6) is 0.398. The molecule has 6 rings (SSSR count). The first kappa shape index (κ1) is 23.2. The van der Waals surface area contributed by atoms with Gasteiger partial charge in [-0.2, -0.15) is 0 Å². The third-order valence-electron chi connectivity index (χ3n) is 6.37. The molecule has 0 fully saturated rings. The van der Waals surface area contributed by atoms with Crippen LogP contribution >= 0.6 is 0 Å². The van der Waals surface area contributed by atoms with Gasteiger partial charge in [-0.15, -0.1) is 0 Å². The van der Waals surface area contributed by atoms with E-state index >= 15 is 0 Å². The maximum absolute atomic E-state index is 9.93. The van der Waals surface area contributed by atoms with E-state index in [1.807, 2.05) is 73.3 Å². The monoisotopic (exact) mass is 500 g/mol. The van der Waals surface area contributed by atoms with Crippen molar-refractivity contribution in [2.45, 2.75) is 13.1 Å². The predicted octanol–water partition coefficient (Wildman–Crippen LogP) is 6.00. The number of rotatable bonds is 7. The molecule has 0 aliphatic heterocycles. The molecule has 0 unspecified atom stereocenters. The van der Waals surface area contributed by atoms with Crippen LogP contribution in [0.25, 0.3) is 22.1 Å². The van der Waals surface area contributed by atoms with Gasteiger partial charge in [0.2, 0.25) is 0 Å². The number of nitrogens with zero attached hydrogens (tertiary/aromatic N) is 6. The number of hydrogen-bond donors (Lipinski definition) is 2. The second kappa shape index (κ2) is 10.0. The van der Waals surface area contributed by atoms with Crippen molar-refractivity contribution >= 4 is 45.9 Å². The average molecular weight is 501 g/mol. The largest absolute Gasteiger partial charge is 0.507 e. The van der Waals surface area contributed by atoms with Gasteiger partial charge in [0.25, 0.3) is 0 Å². The number of aromatic hydroxyl groups is 2. The van der Waals surface area contributed by atoms with Crippen LogP contribution < -0.4 is 0 Å². The molecule has 0 bridgehead atoms. The Hall–Kier alpha value is -5.24. The van der Waals surface area contributed by atoms with Gasteiger partial charge >= 0.3 is 0 Å². The lowest BCUT2D eigenvalue weighted by Gasteiger charge is -2.07. The zero-order valence-corrected chi connectivity index (χ0v) is 20.4. The number of aliphatic imine (C=N–C) groups is 2. The van der Waals surface area contributed by atoms with Crippen molar-refractivity contribution in [3.05, 3.63) is 109 Å². The molecule has 0 radical (unpaired) electrons. The molecule has 8 nitrogen and oxygen atoms in total. The number of fused-ring (bicyclic) bond motifs is 2. The van der Waals surface area contributed by atoms with Gasteiger partial charge in [-0.25, -0.2) is 9.97 Å². The zero-order valence-electron chi connectivity index (χ0n) is 20.4. The van der Waals surface area contributed by atoms with Crippen molar-refractivity contribution in [1.82, 2.24) is 19.1 Å². The fourth-order valence-electron chi connectivity index (χ4n) is 4.32. The van der Waals surface area contributed by atoms with E-state index in [1.54, 1.807) is 36.7 Å². The van der Waals surface area contributed by atoms with Gasteiger partial charge in [-0.1, -0.05) is 24.3 Å². The molecule has 2 N–H and O–H groups in total. The van der Waals surface area contributed by atoms with Crippen LogP contribution in [0.3, 0.4) is 0 Å². The molecular formula is C30H24N6O2. The Morgan fingerprint density at radius 1 is 0.605 bits per heavy atom. The van der Waals surface area contributed by atoms with Gasteiger partial charge in [-0.3, -0.25) is 9.98 Å². The summed E-state index contributed by atoms with van der Waals surface area (Å²) in [6, 6.07) is 26.0. The van der Waals surface area contributed by atoms with Gasteiger partial charge in [-0.05, 0) is 60.7 Å². The molecule has 0 aliphatic carbocycles. The summed E-state index contributed by atoms with van der Waals surface area (Å²) in [5.41, 5.74) is 6.65. The Bertz CT molecular complexity index is 1680. The van der Waals surface area contributed by atoms with E-state index < -0.39 is 0 Å². The van der Waals surface area contributed by atoms with Crippen LogP contribution in [0, 0.1) is 0 Å². The highest BCUT2D eigenvalue weighted by atomic mass is 16.3. The van der Waals surface area contributed by atoms with Crippen LogP contribution in [-0.4, -0.2) is 41.7 Å². The van der Waals surface area contributed by atoms with Crippen LogP contribution in [0.1, 0.15) is 11.1 Å². The molecule has 8 heteroatoms. The molecule has 0 aliphatic rings. The topological polar surface area (TPSA) is 101 Å². The standard InChI is InChI=1S/C30H24N6O2/c37-29-7-3-1-5-21(29)17-31-23-9-11-27-25(15-23)33-19-35(27)13-14-36-20-34-26-16-24(10-12-28(26)36)32-18-22-6-2-4-8-30(22)38/h1-12,15-20,37-38H,13-14H2. The van der Waals surface area contributed by atoms with Crippen molar-refractivity contribution in [2.24, 2.45) is 9.98 Å². The number of aromatic nitrogens is 4. The molecule has 2 heterocycles. The Morgan fingerprint density at radius 3 is 1.50 bits per heavy atom. The fourth-order valence-corrected chi connectivity index (χ4v) is 4.32. The number of phenolic OH excluding ortho intramolecular Hbond substituents is 2. The number of hydrogen-bond acceptors (Lipinski definition) is 6. The summed E-state index contributed by atoms with van der Waals surface area (Å²) in [4.78, 5) is 18.1. The smallest absolute Gasteiger partial charge is 0.124 e. The van der Waals surface area contributed by atoms with Crippen molar-refractivity contribution < 1.29 is 10.2 Å². The Kier molecular flexibility index (Phi) is 6.11. The molecule has 38 heavy (non-hydrogen) atoms. The minimum absolute atomic E-state index is 0.199. The molecule has 4 aromatic carbocycles. The van der Waals surface area contributed by atoms with Gasteiger partial charge in [0.15, 0.2) is 0 Å². The van der Waals surface area contributed by atoms with E-state index in [2.05, 4.69) is 29.1 Å². The van der Waals surface area contributed by atoms with Crippen molar-refractivity contribution in [2.75, 3.05) is 0 Å². The predicted molar refractivity (Wildman–Crippen MR) is 150 cm³/mol. The molecule has 0 spiro atoms. The van der Waals surface area contributed by atoms with Crippen LogP contribution in [0.2, 0.25) is 0 Å². The summed E-state index contributed by atoms with van der Waals surface area (Å²) in [6.45, 7) is 1.46. The van der Waals surface area contributed by atoms with E-state index in [0.717, 1.165) is 46.5 Å². The van der Waals surface area contributed by atoms with Gasteiger partial charge < -0.3 is 19.3 Å².